The first kappa shape index (κ1) is 18.1. The van der Waals surface area contributed by atoms with Crippen molar-refractivity contribution in [1.29, 1.82) is 0 Å². The van der Waals surface area contributed by atoms with Crippen LogP contribution in [-0.4, -0.2) is 12.6 Å². The highest BCUT2D eigenvalue weighted by Gasteiger charge is 2.16. The molecule has 3 aromatic rings. The van der Waals surface area contributed by atoms with Gasteiger partial charge in [-0.25, -0.2) is 0 Å². The fourth-order valence-electron chi connectivity index (χ4n) is 2.29. The molecule has 134 valence electrons. The predicted molar refractivity (Wildman–Crippen MR) is 94.3 cm³/mol. The first-order chi connectivity index (χ1) is 12.3. The zero-order chi connectivity index (χ0) is 18.8. The maximum atomic E-state index is 12.7. The second-order valence-electron chi connectivity index (χ2n) is 5.31. The molecule has 0 atom stereocenters. The minimum absolute atomic E-state index is 0.00914. The van der Waals surface area contributed by atoms with Gasteiger partial charge in [0.1, 0.15) is 29.4 Å². The van der Waals surface area contributed by atoms with Crippen LogP contribution in [0.25, 0.3) is 11.0 Å². The Labute approximate surface area is 157 Å². The van der Waals surface area contributed by atoms with Crippen LogP contribution < -0.4 is 20.0 Å². The third kappa shape index (κ3) is 3.76. The Bertz CT molecular complexity index is 1060. The van der Waals surface area contributed by atoms with E-state index in [0.717, 1.165) is 0 Å². The highest BCUT2D eigenvalue weighted by molar-refractivity contribution is 6.35. The molecule has 0 aliphatic carbocycles. The second kappa shape index (κ2) is 7.27. The highest BCUT2D eigenvalue weighted by Crippen LogP contribution is 2.33. The lowest BCUT2D eigenvalue weighted by Crippen LogP contribution is -2.28. The Kier molecular flexibility index (Phi) is 5.06. The summed E-state index contributed by atoms with van der Waals surface area (Å²) in [5, 5.41) is 11.4. The van der Waals surface area contributed by atoms with Crippen molar-refractivity contribution in [2.24, 2.45) is 0 Å². The number of halogens is 2. The quantitative estimate of drug-likeness (QED) is 0.660. The van der Waals surface area contributed by atoms with Crippen LogP contribution in [0.5, 0.6) is 17.2 Å². The van der Waals surface area contributed by atoms with Crippen LogP contribution in [0.3, 0.4) is 0 Å². The Morgan fingerprint density at radius 2 is 1.96 bits per heavy atom. The second-order valence-corrected chi connectivity index (χ2v) is 6.16. The Balaban J connectivity index is 2.00. The molecule has 26 heavy (non-hydrogen) atoms. The number of hydrogen-bond donors (Lipinski definition) is 0. The largest absolute Gasteiger partial charge is 0.546 e. The topological polar surface area (TPSA) is 88.8 Å². The van der Waals surface area contributed by atoms with E-state index < -0.39 is 18.0 Å². The minimum atomic E-state index is -1.36. The molecule has 0 amide bonds. The van der Waals surface area contributed by atoms with Gasteiger partial charge < -0.3 is 23.8 Å². The van der Waals surface area contributed by atoms with E-state index in [1.54, 1.807) is 19.1 Å². The number of carbonyl (C=O) groups excluding carboxylic acids is 1. The number of carbonyl (C=O) groups is 1. The van der Waals surface area contributed by atoms with E-state index in [2.05, 4.69) is 0 Å². The van der Waals surface area contributed by atoms with Crippen molar-refractivity contribution in [2.45, 2.75) is 6.92 Å². The van der Waals surface area contributed by atoms with E-state index in [9.17, 15) is 14.7 Å². The maximum Gasteiger partial charge on any atom is 0.235 e. The number of aliphatic carboxylic acids is 1. The van der Waals surface area contributed by atoms with Gasteiger partial charge in [-0.15, -0.1) is 0 Å². The van der Waals surface area contributed by atoms with Crippen LogP contribution in [0.4, 0.5) is 0 Å². The lowest BCUT2D eigenvalue weighted by molar-refractivity contribution is -0.307. The number of carboxylic acids is 1. The van der Waals surface area contributed by atoms with Crippen molar-refractivity contribution in [2.75, 3.05) is 6.61 Å². The van der Waals surface area contributed by atoms with Gasteiger partial charge in [-0.05, 0) is 37.3 Å². The minimum Gasteiger partial charge on any atom is -0.546 e. The molecule has 0 fully saturated rings. The van der Waals surface area contributed by atoms with Gasteiger partial charge in [-0.2, -0.15) is 0 Å². The first-order valence-corrected chi connectivity index (χ1v) is 8.14. The molecule has 3 rings (SSSR count). The molecule has 0 aliphatic heterocycles. The molecule has 0 unspecified atom stereocenters. The summed E-state index contributed by atoms with van der Waals surface area (Å²) in [5.41, 5.74) is -0.167. The zero-order valence-electron chi connectivity index (χ0n) is 13.4. The number of benzene rings is 2. The Hall–Kier alpha value is -2.70. The van der Waals surface area contributed by atoms with E-state index in [0.29, 0.717) is 5.02 Å². The molecular formula is C18H11Cl2O6-. The third-order valence-corrected chi connectivity index (χ3v) is 3.98. The number of fused-ring (bicyclic) bond motifs is 1. The van der Waals surface area contributed by atoms with Gasteiger partial charge in [0.15, 0.2) is 0 Å². The number of ether oxygens (including phenoxy) is 2. The summed E-state index contributed by atoms with van der Waals surface area (Å²) in [6.07, 6.45) is 0. The van der Waals surface area contributed by atoms with Gasteiger partial charge in [0.05, 0.1) is 16.4 Å². The fourth-order valence-corrected chi connectivity index (χ4v) is 2.73. The molecular weight excluding hydrogens is 383 g/mol. The molecule has 1 heterocycles. The molecule has 0 saturated heterocycles. The van der Waals surface area contributed by atoms with Crippen LogP contribution in [-0.2, 0) is 4.79 Å². The SMILES string of the molecule is Cc1oc2cc(OCC(=O)[O-])ccc2c(=O)c1Oc1ccc(Cl)cc1Cl. The maximum absolute atomic E-state index is 12.7. The van der Waals surface area contributed by atoms with Crippen molar-refractivity contribution < 1.29 is 23.8 Å². The van der Waals surface area contributed by atoms with E-state index in [4.69, 9.17) is 37.1 Å². The van der Waals surface area contributed by atoms with Crippen LogP contribution in [0, 0.1) is 6.92 Å². The van der Waals surface area contributed by atoms with E-state index in [1.165, 1.54) is 24.3 Å². The molecule has 2 aromatic carbocycles. The number of aryl methyl sites for hydroxylation is 1. The Morgan fingerprint density at radius 3 is 2.65 bits per heavy atom. The number of hydrogen-bond acceptors (Lipinski definition) is 6. The average Bonchev–Trinajstić information content (AvgIpc) is 2.58. The van der Waals surface area contributed by atoms with E-state index in [1.807, 2.05) is 0 Å². The summed E-state index contributed by atoms with van der Waals surface area (Å²) in [4.78, 5) is 23.2. The van der Waals surface area contributed by atoms with Crippen LogP contribution in [0.1, 0.15) is 5.76 Å². The molecule has 0 bridgehead atoms. The third-order valence-electron chi connectivity index (χ3n) is 3.45. The summed E-state index contributed by atoms with van der Waals surface area (Å²) in [6.45, 7) is 0.958. The lowest BCUT2D eigenvalue weighted by Gasteiger charge is -2.11. The normalized spacial score (nSPS) is 10.7. The van der Waals surface area contributed by atoms with Crippen LogP contribution in [0.2, 0.25) is 10.0 Å². The summed E-state index contributed by atoms with van der Waals surface area (Å²) < 4.78 is 16.3. The summed E-state index contributed by atoms with van der Waals surface area (Å²) in [5.74, 6) is -0.639. The van der Waals surface area contributed by atoms with Gasteiger partial charge in [0, 0.05) is 11.1 Å². The summed E-state index contributed by atoms with van der Waals surface area (Å²) in [6, 6.07) is 8.97. The van der Waals surface area contributed by atoms with Gasteiger partial charge in [0.2, 0.25) is 11.2 Å². The van der Waals surface area contributed by atoms with Crippen molar-refractivity contribution in [3.05, 3.63) is 62.4 Å². The zero-order valence-corrected chi connectivity index (χ0v) is 14.9. The van der Waals surface area contributed by atoms with Crippen LogP contribution in [0.15, 0.2) is 45.6 Å². The molecule has 8 heteroatoms. The van der Waals surface area contributed by atoms with Crippen molar-refractivity contribution in [3.63, 3.8) is 0 Å². The van der Waals surface area contributed by atoms with E-state index in [-0.39, 0.29) is 39.0 Å². The molecule has 0 radical (unpaired) electrons. The van der Waals surface area contributed by atoms with Crippen molar-refractivity contribution in [3.8, 4) is 17.2 Å². The van der Waals surface area contributed by atoms with Crippen LogP contribution >= 0.6 is 23.2 Å². The Morgan fingerprint density at radius 1 is 1.19 bits per heavy atom. The average molecular weight is 394 g/mol. The summed E-state index contributed by atoms with van der Waals surface area (Å²) in [7, 11) is 0. The van der Waals surface area contributed by atoms with Gasteiger partial charge >= 0.3 is 0 Å². The number of rotatable bonds is 5. The molecule has 6 nitrogen and oxygen atoms in total. The summed E-state index contributed by atoms with van der Waals surface area (Å²) >= 11 is 11.9. The first-order valence-electron chi connectivity index (χ1n) is 7.38. The van der Waals surface area contributed by atoms with Gasteiger partial charge in [0.25, 0.3) is 0 Å². The molecule has 0 spiro atoms. The molecule has 0 saturated carbocycles. The van der Waals surface area contributed by atoms with Gasteiger partial charge in [-0.1, -0.05) is 23.2 Å². The monoisotopic (exact) mass is 393 g/mol. The smallest absolute Gasteiger partial charge is 0.235 e. The lowest BCUT2D eigenvalue weighted by atomic mass is 10.2. The van der Waals surface area contributed by atoms with Gasteiger partial charge in [-0.3, -0.25) is 4.79 Å². The molecule has 0 N–H and O–H groups in total. The standard InChI is InChI=1S/C18H12Cl2O6/c1-9-18(26-14-5-2-10(19)6-13(14)20)17(23)12-4-3-11(7-15(12)25-9)24-8-16(21)22/h2-7H,8H2,1H3,(H,21,22)/p-1. The number of carboxylic acid groups (broad SMARTS) is 1. The van der Waals surface area contributed by atoms with E-state index >= 15 is 0 Å². The van der Waals surface area contributed by atoms with Crippen molar-refractivity contribution in [1.82, 2.24) is 0 Å². The molecule has 1 aromatic heterocycles. The fraction of sp³-hybridized carbons (Fsp3) is 0.111. The highest BCUT2D eigenvalue weighted by atomic mass is 35.5. The molecule has 0 aliphatic rings. The van der Waals surface area contributed by atoms with Crippen molar-refractivity contribution >= 4 is 40.1 Å². The predicted octanol–water partition coefficient (Wildman–Crippen LogP) is 3.33.